The molecule has 0 aromatic heterocycles. The lowest BCUT2D eigenvalue weighted by atomic mass is 9.79. The lowest BCUT2D eigenvalue weighted by molar-refractivity contribution is 0.178. The number of likely N-dealkylation sites (tertiary alicyclic amines) is 1. The van der Waals surface area contributed by atoms with Crippen LogP contribution in [0.4, 0.5) is 0 Å². The Morgan fingerprint density at radius 2 is 2.46 bits per heavy atom. The smallest absolute Gasteiger partial charge is 0.0391 e. The summed E-state index contributed by atoms with van der Waals surface area (Å²) in [6, 6.07) is 0. The zero-order valence-corrected chi connectivity index (χ0v) is 8.50. The molecule has 2 heteroatoms. The molecule has 1 spiro atoms. The van der Waals surface area contributed by atoms with Crippen molar-refractivity contribution in [2.45, 2.75) is 31.2 Å². The van der Waals surface area contributed by atoms with Gasteiger partial charge in [-0.3, -0.25) is 4.90 Å². The summed E-state index contributed by atoms with van der Waals surface area (Å²) in [5.41, 5.74) is 6.12. The Morgan fingerprint density at radius 1 is 1.62 bits per heavy atom. The molecule has 0 aromatic rings. The minimum Gasteiger partial charge on any atom is -0.330 e. The second kappa shape index (κ2) is 3.43. The summed E-state index contributed by atoms with van der Waals surface area (Å²) in [4.78, 5) is 2.51. The van der Waals surface area contributed by atoms with Crippen molar-refractivity contribution in [3.8, 4) is 0 Å². The van der Waals surface area contributed by atoms with Crippen LogP contribution in [0.1, 0.15) is 25.7 Å². The zero-order chi connectivity index (χ0) is 9.31. The Kier molecular flexibility index (Phi) is 2.43. The van der Waals surface area contributed by atoms with Crippen molar-refractivity contribution in [1.82, 2.24) is 4.90 Å². The van der Waals surface area contributed by atoms with Gasteiger partial charge in [-0.1, -0.05) is 12.2 Å². The van der Waals surface area contributed by atoms with Gasteiger partial charge in [0, 0.05) is 5.54 Å². The minimum atomic E-state index is 0.377. The molecule has 0 amide bonds. The van der Waals surface area contributed by atoms with E-state index in [2.05, 4.69) is 24.1 Å². The molecule has 0 aromatic carbocycles. The topological polar surface area (TPSA) is 29.3 Å². The van der Waals surface area contributed by atoms with E-state index in [4.69, 9.17) is 5.73 Å². The SMILES string of the molecule is CN1CCCC12C=CCC(CN)C2. The average Bonchev–Trinajstić information content (AvgIpc) is 2.48. The molecule has 0 bridgehead atoms. The monoisotopic (exact) mass is 180 g/mol. The van der Waals surface area contributed by atoms with Crippen LogP contribution in [0.5, 0.6) is 0 Å². The van der Waals surface area contributed by atoms with Crippen molar-refractivity contribution in [3.05, 3.63) is 12.2 Å². The Hall–Kier alpha value is -0.340. The van der Waals surface area contributed by atoms with Gasteiger partial charge in [-0.05, 0) is 51.7 Å². The molecule has 13 heavy (non-hydrogen) atoms. The van der Waals surface area contributed by atoms with E-state index in [1.807, 2.05) is 0 Å². The number of nitrogens with zero attached hydrogens (tertiary/aromatic N) is 1. The first-order valence-corrected chi connectivity index (χ1v) is 5.36. The Morgan fingerprint density at radius 3 is 3.08 bits per heavy atom. The number of nitrogens with two attached hydrogens (primary N) is 1. The van der Waals surface area contributed by atoms with E-state index in [0.29, 0.717) is 11.5 Å². The van der Waals surface area contributed by atoms with Gasteiger partial charge in [0.15, 0.2) is 0 Å². The molecule has 2 nitrogen and oxygen atoms in total. The second-order valence-corrected chi connectivity index (χ2v) is 4.57. The van der Waals surface area contributed by atoms with Crippen LogP contribution in [0.3, 0.4) is 0 Å². The lowest BCUT2D eigenvalue weighted by Gasteiger charge is -2.39. The van der Waals surface area contributed by atoms with Gasteiger partial charge < -0.3 is 5.73 Å². The summed E-state index contributed by atoms with van der Waals surface area (Å²) in [6.45, 7) is 2.10. The molecular weight excluding hydrogens is 160 g/mol. The first-order chi connectivity index (χ1) is 6.27. The van der Waals surface area contributed by atoms with Crippen LogP contribution >= 0.6 is 0 Å². The quantitative estimate of drug-likeness (QED) is 0.618. The van der Waals surface area contributed by atoms with Crippen molar-refractivity contribution in [2.24, 2.45) is 11.7 Å². The third-order valence-corrected chi connectivity index (χ3v) is 3.74. The van der Waals surface area contributed by atoms with E-state index in [0.717, 1.165) is 6.54 Å². The fraction of sp³-hybridized carbons (Fsp3) is 0.818. The molecular formula is C11H20N2. The highest BCUT2D eigenvalue weighted by Crippen LogP contribution is 2.38. The molecule has 1 fully saturated rings. The van der Waals surface area contributed by atoms with Crippen molar-refractivity contribution in [2.75, 3.05) is 20.1 Å². The average molecular weight is 180 g/mol. The van der Waals surface area contributed by atoms with Crippen LogP contribution in [0.25, 0.3) is 0 Å². The molecule has 2 atom stereocenters. The van der Waals surface area contributed by atoms with Gasteiger partial charge in [0.25, 0.3) is 0 Å². The fourth-order valence-electron chi connectivity index (χ4n) is 2.82. The number of likely N-dealkylation sites (N-methyl/N-ethyl adjacent to an activating group) is 1. The molecule has 1 heterocycles. The predicted molar refractivity (Wildman–Crippen MR) is 55.5 cm³/mol. The number of rotatable bonds is 1. The third-order valence-electron chi connectivity index (χ3n) is 3.74. The summed E-state index contributed by atoms with van der Waals surface area (Å²) in [6.07, 6.45) is 9.90. The lowest BCUT2D eigenvalue weighted by Crippen LogP contribution is -2.43. The van der Waals surface area contributed by atoms with E-state index >= 15 is 0 Å². The number of allylic oxidation sites excluding steroid dienone is 1. The number of hydrogen-bond donors (Lipinski definition) is 1. The number of hydrogen-bond acceptors (Lipinski definition) is 2. The maximum Gasteiger partial charge on any atom is 0.0391 e. The molecule has 2 unspecified atom stereocenters. The molecule has 1 aliphatic heterocycles. The Balaban J connectivity index is 2.13. The maximum absolute atomic E-state index is 5.75. The first kappa shape index (κ1) is 9.22. The van der Waals surface area contributed by atoms with Gasteiger partial charge in [0.1, 0.15) is 0 Å². The minimum absolute atomic E-state index is 0.377. The summed E-state index contributed by atoms with van der Waals surface area (Å²) < 4.78 is 0. The largest absolute Gasteiger partial charge is 0.330 e. The second-order valence-electron chi connectivity index (χ2n) is 4.57. The van der Waals surface area contributed by atoms with E-state index in [1.54, 1.807) is 0 Å². The zero-order valence-electron chi connectivity index (χ0n) is 8.50. The van der Waals surface area contributed by atoms with Gasteiger partial charge in [0.2, 0.25) is 0 Å². The van der Waals surface area contributed by atoms with Crippen LogP contribution in [0.15, 0.2) is 12.2 Å². The van der Waals surface area contributed by atoms with Crippen LogP contribution in [-0.2, 0) is 0 Å². The van der Waals surface area contributed by atoms with E-state index in [-0.39, 0.29) is 0 Å². The van der Waals surface area contributed by atoms with Crippen LogP contribution in [0.2, 0.25) is 0 Å². The summed E-state index contributed by atoms with van der Waals surface area (Å²) in [5.74, 6) is 0.713. The highest BCUT2D eigenvalue weighted by Gasteiger charge is 2.39. The standard InChI is InChI=1S/C11H20N2/c1-13-7-3-6-11(13)5-2-4-10(8-11)9-12/h2,5,10H,3-4,6-9,12H2,1H3. The van der Waals surface area contributed by atoms with E-state index < -0.39 is 0 Å². The molecule has 0 radical (unpaired) electrons. The Labute approximate surface area is 80.8 Å². The van der Waals surface area contributed by atoms with Gasteiger partial charge in [-0.25, -0.2) is 0 Å². The van der Waals surface area contributed by atoms with Crippen LogP contribution in [-0.4, -0.2) is 30.6 Å². The molecule has 0 saturated carbocycles. The molecule has 74 valence electrons. The predicted octanol–water partition coefficient (Wildman–Crippen LogP) is 1.38. The molecule has 1 aliphatic carbocycles. The van der Waals surface area contributed by atoms with Crippen molar-refractivity contribution >= 4 is 0 Å². The summed E-state index contributed by atoms with van der Waals surface area (Å²) in [7, 11) is 2.25. The van der Waals surface area contributed by atoms with Crippen molar-refractivity contribution in [3.63, 3.8) is 0 Å². The molecule has 1 saturated heterocycles. The first-order valence-electron chi connectivity index (χ1n) is 5.36. The maximum atomic E-state index is 5.75. The normalized spacial score (nSPS) is 40.3. The molecule has 2 N–H and O–H groups in total. The van der Waals surface area contributed by atoms with Gasteiger partial charge in [-0.15, -0.1) is 0 Å². The molecule has 2 rings (SSSR count). The fourth-order valence-corrected chi connectivity index (χ4v) is 2.82. The Bertz CT molecular complexity index is 212. The summed E-state index contributed by atoms with van der Waals surface area (Å²) >= 11 is 0. The van der Waals surface area contributed by atoms with Gasteiger partial charge in [0.05, 0.1) is 0 Å². The van der Waals surface area contributed by atoms with Crippen LogP contribution in [0, 0.1) is 5.92 Å². The third kappa shape index (κ3) is 1.53. The van der Waals surface area contributed by atoms with Gasteiger partial charge >= 0.3 is 0 Å². The van der Waals surface area contributed by atoms with Crippen molar-refractivity contribution in [1.29, 1.82) is 0 Å². The van der Waals surface area contributed by atoms with Crippen LogP contribution < -0.4 is 5.73 Å². The van der Waals surface area contributed by atoms with E-state index in [1.165, 1.54) is 32.2 Å². The highest BCUT2D eigenvalue weighted by atomic mass is 15.2. The summed E-state index contributed by atoms with van der Waals surface area (Å²) in [5, 5.41) is 0. The highest BCUT2D eigenvalue weighted by molar-refractivity contribution is 5.14. The van der Waals surface area contributed by atoms with Gasteiger partial charge in [-0.2, -0.15) is 0 Å². The van der Waals surface area contributed by atoms with Crippen molar-refractivity contribution < 1.29 is 0 Å². The van der Waals surface area contributed by atoms with E-state index in [9.17, 15) is 0 Å². The molecule has 2 aliphatic rings.